The standard InChI is InChI=1S/C26H25N3O4.C24H22ClN3O4/c1-6-17-11-12-18-21(26(2,3)25(31)32)19-13-14-20(28-23(19)33-22(18)27-17)15-7-9-16(10-8-15)24(30)29(4)5;1-24(2,23(30)31)19-15-9-11-17(13-5-7-14(8-6-13)22(29)28(3)4)26-20(15)32-21-16(19)10-12-18(25)27-21/h6-14,21H,1H2,2-5H3,(H,31,32);5-12,19H,1-4H3,(H,30,31). The van der Waals surface area contributed by atoms with Gasteiger partial charge < -0.3 is 29.5 Å². The topological polar surface area (TPSA) is 185 Å². The van der Waals surface area contributed by atoms with Crippen LogP contribution in [0, 0.1) is 10.8 Å². The number of carboxylic acids is 2. The Morgan fingerprint density at radius 3 is 1.28 bits per heavy atom. The number of carbonyl (C=O) groups excluding carboxylic acids is 2. The van der Waals surface area contributed by atoms with Crippen LogP contribution in [-0.2, 0) is 9.59 Å². The quantitative estimate of drug-likeness (QED) is 0.131. The molecule has 65 heavy (non-hydrogen) atoms. The third-order valence-corrected chi connectivity index (χ3v) is 11.8. The molecule has 0 fully saturated rings. The molecule has 6 heterocycles. The van der Waals surface area contributed by atoms with Crippen LogP contribution in [0.1, 0.15) is 88.2 Å². The number of hydrogen-bond donors (Lipinski definition) is 2. The zero-order valence-electron chi connectivity index (χ0n) is 37.1. The smallest absolute Gasteiger partial charge is 0.310 e. The minimum Gasteiger partial charge on any atom is -0.481 e. The van der Waals surface area contributed by atoms with Crippen molar-refractivity contribution in [3.05, 3.63) is 148 Å². The van der Waals surface area contributed by atoms with Crippen molar-refractivity contribution in [3.8, 4) is 46.0 Å². The summed E-state index contributed by atoms with van der Waals surface area (Å²) in [6.07, 6.45) is 1.61. The van der Waals surface area contributed by atoms with E-state index in [9.17, 15) is 29.4 Å². The number of fused-ring (bicyclic) bond motifs is 4. The molecule has 2 aliphatic heterocycles. The fourth-order valence-corrected chi connectivity index (χ4v) is 7.98. The average molecular weight is 895 g/mol. The molecule has 2 aromatic carbocycles. The SMILES string of the molecule is C=Cc1ccc2c(n1)Oc1nc(-c3ccc(C(=O)N(C)C)cc3)ccc1C2C(C)(C)C(=O)O.CN(C)C(=O)c1ccc(-c2ccc3c(n2)Oc2nc(Cl)ccc2C3C(C)(C)C(=O)O)cc1. The number of halogens is 1. The van der Waals surface area contributed by atoms with E-state index in [1.807, 2.05) is 54.6 Å². The maximum absolute atomic E-state index is 12.2. The number of rotatable bonds is 9. The second-order valence-corrected chi connectivity index (χ2v) is 17.6. The van der Waals surface area contributed by atoms with Crippen LogP contribution in [-0.4, -0.2) is 91.9 Å². The second kappa shape index (κ2) is 17.6. The van der Waals surface area contributed by atoms with Gasteiger partial charge in [0.25, 0.3) is 11.8 Å². The number of amides is 2. The lowest BCUT2D eigenvalue weighted by molar-refractivity contribution is -0.148. The summed E-state index contributed by atoms with van der Waals surface area (Å²) >= 11 is 6.06. The van der Waals surface area contributed by atoms with Gasteiger partial charge in [-0.25, -0.2) is 19.9 Å². The molecule has 0 spiro atoms. The second-order valence-electron chi connectivity index (χ2n) is 17.2. The molecule has 0 saturated heterocycles. The summed E-state index contributed by atoms with van der Waals surface area (Å²) in [6.45, 7) is 10.5. The molecule has 0 radical (unpaired) electrons. The van der Waals surface area contributed by atoms with Crippen LogP contribution >= 0.6 is 11.6 Å². The Labute approximate surface area is 381 Å². The number of ether oxygens (including phenoxy) is 2. The number of nitrogens with zero attached hydrogens (tertiary/aromatic N) is 6. The first-order valence-electron chi connectivity index (χ1n) is 20.5. The summed E-state index contributed by atoms with van der Waals surface area (Å²) in [4.78, 5) is 69.7. The van der Waals surface area contributed by atoms with Crippen LogP contribution < -0.4 is 9.47 Å². The molecule has 8 rings (SSSR count). The summed E-state index contributed by atoms with van der Waals surface area (Å²) in [6, 6.07) is 28.6. The predicted molar refractivity (Wildman–Crippen MR) is 246 cm³/mol. The molecule has 4 aromatic heterocycles. The van der Waals surface area contributed by atoms with Gasteiger partial charge >= 0.3 is 11.9 Å². The first kappa shape index (κ1) is 45.6. The molecule has 332 valence electrons. The van der Waals surface area contributed by atoms with E-state index in [-0.39, 0.29) is 28.7 Å². The van der Waals surface area contributed by atoms with Crippen LogP contribution in [0.4, 0.5) is 0 Å². The number of aromatic nitrogens is 4. The Morgan fingerprint density at radius 2 is 0.908 bits per heavy atom. The number of carboxylic acid groups (broad SMARTS) is 2. The Morgan fingerprint density at radius 1 is 0.554 bits per heavy atom. The summed E-state index contributed by atoms with van der Waals surface area (Å²) in [5, 5.41) is 20.1. The summed E-state index contributed by atoms with van der Waals surface area (Å²) < 4.78 is 12.0. The van der Waals surface area contributed by atoms with Crippen molar-refractivity contribution in [1.29, 1.82) is 0 Å². The van der Waals surface area contributed by atoms with Crippen LogP contribution in [0.25, 0.3) is 28.6 Å². The van der Waals surface area contributed by atoms with E-state index in [4.69, 9.17) is 26.1 Å². The van der Waals surface area contributed by atoms with Gasteiger partial charge in [-0.2, -0.15) is 0 Å². The van der Waals surface area contributed by atoms with Crippen molar-refractivity contribution >= 4 is 41.4 Å². The Kier molecular flexibility index (Phi) is 12.3. The highest BCUT2D eigenvalue weighted by molar-refractivity contribution is 6.29. The van der Waals surface area contributed by atoms with Gasteiger partial charge in [0.1, 0.15) is 5.15 Å². The van der Waals surface area contributed by atoms with Gasteiger partial charge in [0.05, 0.1) is 27.9 Å². The third kappa shape index (κ3) is 8.77. The van der Waals surface area contributed by atoms with Crippen molar-refractivity contribution in [2.75, 3.05) is 28.2 Å². The highest BCUT2D eigenvalue weighted by atomic mass is 35.5. The van der Waals surface area contributed by atoms with E-state index < -0.39 is 34.6 Å². The van der Waals surface area contributed by atoms with Gasteiger partial charge in [-0.1, -0.05) is 60.6 Å². The lowest BCUT2D eigenvalue weighted by Crippen LogP contribution is -2.34. The fraction of sp³-hybridized carbons (Fsp3) is 0.240. The fourth-order valence-electron chi connectivity index (χ4n) is 7.84. The van der Waals surface area contributed by atoms with Crippen molar-refractivity contribution in [1.82, 2.24) is 29.7 Å². The molecule has 2 unspecified atom stereocenters. The molecule has 15 heteroatoms. The van der Waals surface area contributed by atoms with Crippen molar-refractivity contribution in [2.24, 2.45) is 10.8 Å². The average Bonchev–Trinajstić information content (AvgIpc) is 3.28. The number of hydrogen-bond acceptors (Lipinski definition) is 10. The van der Waals surface area contributed by atoms with Crippen LogP contribution in [0.15, 0.2) is 104 Å². The molecule has 0 aliphatic carbocycles. The molecular formula is C50H47ClN6O8. The van der Waals surface area contributed by atoms with Crippen molar-refractivity contribution < 1.29 is 38.9 Å². The zero-order chi connectivity index (χ0) is 47.1. The van der Waals surface area contributed by atoms with Gasteiger partial charge in [0, 0.05) is 84.5 Å². The minimum absolute atomic E-state index is 0.0808. The monoisotopic (exact) mass is 894 g/mol. The normalized spacial score (nSPS) is 14.6. The van der Waals surface area contributed by atoms with E-state index in [0.29, 0.717) is 62.2 Å². The van der Waals surface area contributed by atoms with Crippen molar-refractivity contribution in [3.63, 3.8) is 0 Å². The number of aliphatic carboxylic acids is 2. The van der Waals surface area contributed by atoms with E-state index >= 15 is 0 Å². The van der Waals surface area contributed by atoms with E-state index in [0.717, 1.165) is 11.1 Å². The maximum Gasteiger partial charge on any atom is 0.310 e. The highest BCUT2D eigenvalue weighted by Crippen LogP contribution is 2.53. The van der Waals surface area contributed by atoms with E-state index in [1.54, 1.807) is 104 Å². The van der Waals surface area contributed by atoms with Gasteiger partial charge in [-0.05, 0) is 88.4 Å². The Bertz CT molecular complexity index is 2880. The van der Waals surface area contributed by atoms with Crippen LogP contribution in [0.5, 0.6) is 23.5 Å². The number of benzene rings is 2. The number of pyridine rings is 4. The Hall–Kier alpha value is -7.45. The van der Waals surface area contributed by atoms with Gasteiger partial charge in [-0.3, -0.25) is 19.2 Å². The summed E-state index contributed by atoms with van der Waals surface area (Å²) in [5.41, 5.74) is 5.09. The molecule has 14 nitrogen and oxygen atoms in total. The maximum atomic E-state index is 12.2. The molecule has 2 aliphatic rings. The van der Waals surface area contributed by atoms with E-state index in [1.165, 1.54) is 9.80 Å². The summed E-state index contributed by atoms with van der Waals surface area (Å²) in [5.74, 6) is -1.87. The number of carbonyl (C=O) groups is 4. The highest BCUT2D eigenvalue weighted by Gasteiger charge is 2.46. The predicted octanol–water partition coefficient (Wildman–Crippen LogP) is 9.68. The minimum atomic E-state index is -1.14. The van der Waals surface area contributed by atoms with Gasteiger partial charge in [-0.15, -0.1) is 0 Å². The molecule has 2 atom stereocenters. The Balaban J connectivity index is 0.000000194. The van der Waals surface area contributed by atoms with Gasteiger partial charge in [0.15, 0.2) is 0 Å². The van der Waals surface area contributed by atoms with Crippen molar-refractivity contribution in [2.45, 2.75) is 39.5 Å². The molecule has 6 aromatic rings. The van der Waals surface area contributed by atoms with Crippen LogP contribution in [0.3, 0.4) is 0 Å². The van der Waals surface area contributed by atoms with E-state index in [2.05, 4.69) is 21.5 Å². The largest absolute Gasteiger partial charge is 0.481 e. The molecule has 0 bridgehead atoms. The zero-order valence-corrected chi connectivity index (χ0v) is 37.8. The lowest BCUT2D eigenvalue weighted by atomic mass is 9.71. The van der Waals surface area contributed by atoms with Gasteiger partial charge in [0.2, 0.25) is 23.5 Å². The molecule has 0 saturated carbocycles. The molecular weight excluding hydrogens is 848 g/mol. The first-order chi connectivity index (χ1) is 30.7. The van der Waals surface area contributed by atoms with Crippen LogP contribution in [0.2, 0.25) is 5.15 Å². The lowest BCUT2D eigenvalue weighted by Gasteiger charge is -2.35. The molecule has 2 N–H and O–H groups in total. The first-order valence-corrected chi connectivity index (χ1v) is 20.9. The summed E-state index contributed by atoms with van der Waals surface area (Å²) in [7, 11) is 6.81. The molecule has 2 amide bonds. The third-order valence-electron chi connectivity index (χ3n) is 11.6.